The van der Waals surface area contributed by atoms with Crippen LogP contribution in [0.5, 0.6) is 0 Å². The average Bonchev–Trinajstić information content (AvgIpc) is 3.20. The monoisotopic (exact) mass is 384 g/mol. The Morgan fingerprint density at radius 3 is 2.44 bits per heavy atom. The number of nitrogens with one attached hydrogen (secondary N) is 1. The van der Waals surface area contributed by atoms with Gasteiger partial charge in [0.25, 0.3) is 0 Å². The van der Waals surface area contributed by atoms with Gasteiger partial charge in [0, 0.05) is 37.8 Å². The van der Waals surface area contributed by atoms with Crippen LogP contribution < -0.4 is 10.2 Å². The van der Waals surface area contributed by atoms with Gasteiger partial charge in [-0.3, -0.25) is 9.69 Å². The SMILES string of the molecule is C[C@H](CNC(=O)C1CCN(c2ccc(C(F)(F)F)cn2)CC1)N1CCCC1. The first kappa shape index (κ1) is 19.9. The summed E-state index contributed by atoms with van der Waals surface area (Å²) in [6, 6.07) is 2.81. The molecule has 0 aromatic carbocycles. The number of rotatable bonds is 5. The Morgan fingerprint density at radius 1 is 1.22 bits per heavy atom. The molecule has 2 aliphatic rings. The van der Waals surface area contributed by atoms with Crippen molar-refractivity contribution in [3.8, 4) is 0 Å². The van der Waals surface area contributed by atoms with E-state index in [4.69, 9.17) is 0 Å². The number of carbonyl (C=O) groups is 1. The molecule has 0 saturated carbocycles. The molecule has 8 heteroatoms. The highest BCUT2D eigenvalue weighted by molar-refractivity contribution is 5.79. The lowest BCUT2D eigenvalue weighted by Gasteiger charge is -2.32. The summed E-state index contributed by atoms with van der Waals surface area (Å²) < 4.78 is 37.9. The summed E-state index contributed by atoms with van der Waals surface area (Å²) in [6.45, 7) is 6.27. The van der Waals surface area contributed by atoms with Crippen LogP contribution in [-0.4, -0.2) is 54.6 Å². The average molecular weight is 384 g/mol. The minimum Gasteiger partial charge on any atom is -0.357 e. The summed E-state index contributed by atoms with van der Waals surface area (Å²) in [4.78, 5) is 20.7. The van der Waals surface area contributed by atoms with Crippen LogP contribution in [0.25, 0.3) is 0 Å². The Hall–Kier alpha value is -1.83. The second kappa shape index (κ2) is 8.46. The molecule has 0 bridgehead atoms. The number of piperidine rings is 1. The van der Waals surface area contributed by atoms with Crippen molar-refractivity contribution in [3.05, 3.63) is 23.9 Å². The number of pyridine rings is 1. The summed E-state index contributed by atoms with van der Waals surface area (Å²) in [5.41, 5.74) is -0.743. The minimum absolute atomic E-state index is 0.0403. The van der Waals surface area contributed by atoms with Gasteiger partial charge in [-0.15, -0.1) is 0 Å². The first-order chi connectivity index (χ1) is 12.8. The summed E-state index contributed by atoms with van der Waals surface area (Å²) in [6.07, 6.45) is 0.333. The molecule has 1 amide bonds. The maximum absolute atomic E-state index is 12.6. The van der Waals surface area contributed by atoms with E-state index in [0.29, 0.717) is 44.3 Å². The van der Waals surface area contributed by atoms with Crippen LogP contribution in [0.15, 0.2) is 18.3 Å². The number of alkyl halides is 3. The van der Waals surface area contributed by atoms with Crippen molar-refractivity contribution in [2.75, 3.05) is 37.6 Å². The Bertz CT molecular complexity index is 621. The molecule has 1 atom stereocenters. The van der Waals surface area contributed by atoms with E-state index in [0.717, 1.165) is 25.4 Å². The van der Waals surface area contributed by atoms with Crippen LogP contribution in [0, 0.1) is 5.92 Å². The molecule has 1 N–H and O–H groups in total. The van der Waals surface area contributed by atoms with E-state index in [1.165, 1.54) is 18.9 Å². The standard InChI is InChI=1S/C19H27F3N4O/c1-14(25-8-2-3-9-25)12-24-18(27)15-6-10-26(11-7-15)17-5-4-16(13-23-17)19(20,21)22/h4-5,13-15H,2-3,6-12H2,1H3,(H,24,27)/t14-/m1/s1. The molecule has 5 nitrogen and oxygen atoms in total. The number of aromatic nitrogens is 1. The molecule has 1 aromatic heterocycles. The third kappa shape index (κ3) is 5.12. The van der Waals surface area contributed by atoms with Crippen molar-refractivity contribution >= 4 is 11.7 Å². The molecule has 0 aliphatic carbocycles. The molecule has 0 spiro atoms. The van der Waals surface area contributed by atoms with Crippen molar-refractivity contribution in [1.82, 2.24) is 15.2 Å². The molecule has 0 unspecified atom stereocenters. The zero-order valence-corrected chi connectivity index (χ0v) is 15.6. The van der Waals surface area contributed by atoms with E-state index in [1.54, 1.807) is 0 Å². The van der Waals surface area contributed by atoms with Crippen LogP contribution in [0.1, 0.15) is 38.2 Å². The summed E-state index contributed by atoms with van der Waals surface area (Å²) in [5, 5.41) is 3.07. The van der Waals surface area contributed by atoms with Crippen LogP contribution in [0.4, 0.5) is 19.0 Å². The van der Waals surface area contributed by atoms with Gasteiger partial charge in [-0.25, -0.2) is 4.98 Å². The third-order valence-electron chi connectivity index (χ3n) is 5.60. The number of anilines is 1. The van der Waals surface area contributed by atoms with Gasteiger partial charge in [0.1, 0.15) is 5.82 Å². The van der Waals surface area contributed by atoms with Crippen molar-refractivity contribution in [1.29, 1.82) is 0 Å². The number of hydrogen-bond donors (Lipinski definition) is 1. The van der Waals surface area contributed by atoms with Crippen LogP contribution in [-0.2, 0) is 11.0 Å². The van der Waals surface area contributed by atoms with Gasteiger partial charge in [0.15, 0.2) is 0 Å². The van der Waals surface area contributed by atoms with Crippen LogP contribution in [0.2, 0.25) is 0 Å². The molecular weight excluding hydrogens is 357 g/mol. The zero-order valence-electron chi connectivity index (χ0n) is 15.6. The van der Waals surface area contributed by atoms with E-state index < -0.39 is 11.7 Å². The molecule has 1 aromatic rings. The molecule has 0 radical (unpaired) electrons. The maximum atomic E-state index is 12.6. The highest BCUT2D eigenvalue weighted by Gasteiger charge is 2.31. The number of likely N-dealkylation sites (tertiary alicyclic amines) is 1. The van der Waals surface area contributed by atoms with Gasteiger partial charge in [-0.1, -0.05) is 0 Å². The summed E-state index contributed by atoms with van der Waals surface area (Å²) >= 11 is 0. The first-order valence-corrected chi connectivity index (χ1v) is 9.64. The molecule has 3 rings (SSSR count). The maximum Gasteiger partial charge on any atom is 0.417 e. The lowest BCUT2D eigenvalue weighted by atomic mass is 9.95. The predicted octanol–water partition coefficient (Wildman–Crippen LogP) is 2.92. The molecule has 3 heterocycles. The largest absolute Gasteiger partial charge is 0.417 e. The van der Waals surface area contributed by atoms with Gasteiger partial charge in [0.2, 0.25) is 5.91 Å². The highest BCUT2D eigenvalue weighted by atomic mass is 19.4. The van der Waals surface area contributed by atoms with Gasteiger partial charge in [-0.05, 0) is 57.8 Å². The first-order valence-electron chi connectivity index (χ1n) is 9.64. The lowest BCUT2D eigenvalue weighted by Crippen LogP contribution is -2.45. The van der Waals surface area contributed by atoms with Gasteiger partial charge < -0.3 is 10.2 Å². The number of halogens is 3. The number of amides is 1. The molecular formula is C19H27F3N4O. The topological polar surface area (TPSA) is 48.5 Å². The van der Waals surface area contributed by atoms with Crippen LogP contribution in [0.3, 0.4) is 0 Å². The normalized spacial score (nSPS) is 20.7. The van der Waals surface area contributed by atoms with E-state index >= 15 is 0 Å². The Morgan fingerprint density at radius 2 is 1.89 bits per heavy atom. The second-order valence-electron chi connectivity index (χ2n) is 7.50. The molecule has 2 saturated heterocycles. The number of hydrogen-bond acceptors (Lipinski definition) is 4. The van der Waals surface area contributed by atoms with E-state index in [-0.39, 0.29) is 11.8 Å². The summed E-state index contributed by atoms with van der Waals surface area (Å²) in [5.74, 6) is 0.576. The van der Waals surface area contributed by atoms with Crippen molar-refractivity contribution in [2.24, 2.45) is 5.92 Å². The minimum atomic E-state index is -4.37. The second-order valence-corrected chi connectivity index (χ2v) is 7.50. The fourth-order valence-corrected chi connectivity index (χ4v) is 3.82. The van der Waals surface area contributed by atoms with Crippen molar-refractivity contribution < 1.29 is 18.0 Å². The summed E-state index contributed by atoms with van der Waals surface area (Å²) in [7, 11) is 0. The van der Waals surface area contributed by atoms with Crippen molar-refractivity contribution in [3.63, 3.8) is 0 Å². The van der Waals surface area contributed by atoms with E-state index in [1.807, 2.05) is 4.90 Å². The number of nitrogens with zero attached hydrogens (tertiary/aromatic N) is 3. The van der Waals surface area contributed by atoms with Gasteiger partial charge in [0.05, 0.1) is 5.56 Å². The molecule has 2 fully saturated rings. The molecule has 150 valence electrons. The van der Waals surface area contributed by atoms with Crippen molar-refractivity contribution in [2.45, 2.75) is 44.8 Å². The smallest absolute Gasteiger partial charge is 0.357 e. The fraction of sp³-hybridized carbons (Fsp3) is 0.684. The molecule has 2 aliphatic heterocycles. The number of carbonyl (C=O) groups excluding carboxylic acids is 1. The Kier molecular flexibility index (Phi) is 6.24. The van der Waals surface area contributed by atoms with E-state index in [9.17, 15) is 18.0 Å². The highest BCUT2D eigenvalue weighted by Crippen LogP contribution is 2.30. The van der Waals surface area contributed by atoms with Crippen LogP contribution >= 0.6 is 0 Å². The Labute approximate surface area is 157 Å². The van der Waals surface area contributed by atoms with Gasteiger partial charge in [-0.2, -0.15) is 13.2 Å². The molecule has 27 heavy (non-hydrogen) atoms. The Balaban J connectivity index is 1.44. The zero-order chi connectivity index (χ0) is 19.4. The predicted molar refractivity (Wildman–Crippen MR) is 97.5 cm³/mol. The third-order valence-corrected chi connectivity index (χ3v) is 5.60. The van der Waals surface area contributed by atoms with E-state index in [2.05, 4.69) is 22.1 Å². The quantitative estimate of drug-likeness (QED) is 0.848. The lowest BCUT2D eigenvalue weighted by molar-refractivity contribution is -0.137. The van der Waals surface area contributed by atoms with Gasteiger partial charge >= 0.3 is 6.18 Å². The fourth-order valence-electron chi connectivity index (χ4n) is 3.82.